The van der Waals surface area contributed by atoms with Gasteiger partial charge in [-0.1, -0.05) is 6.92 Å². The summed E-state index contributed by atoms with van der Waals surface area (Å²) in [6.07, 6.45) is 3.50. The average molecular weight is 254 g/mol. The van der Waals surface area contributed by atoms with Gasteiger partial charge < -0.3 is 14.9 Å². The van der Waals surface area contributed by atoms with Gasteiger partial charge in [-0.25, -0.2) is 9.59 Å². The molecule has 2 amide bonds. The smallest absolute Gasteiger partial charge is 0.329 e. The standard InChI is InChI=1S/C13H22N2O3/c1-10-5-3-7-14(9-10)12(18)15-8-4-6-13(15,2)11(16)17/h10H,3-9H2,1-2H3,(H,16,17). The molecule has 1 N–H and O–H groups in total. The highest BCUT2D eigenvalue weighted by Gasteiger charge is 2.47. The largest absolute Gasteiger partial charge is 0.480 e. The molecule has 0 aromatic heterocycles. The molecule has 0 aromatic rings. The van der Waals surface area contributed by atoms with Gasteiger partial charge in [-0.2, -0.15) is 0 Å². The molecule has 0 spiro atoms. The number of carboxylic acid groups (broad SMARTS) is 1. The van der Waals surface area contributed by atoms with E-state index in [1.54, 1.807) is 11.8 Å². The topological polar surface area (TPSA) is 60.9 Å². The number of piperidine rings is 1. The van der Waals surface area contributed by atoms with Gasteiger partial charge in [0.1, 0.15) is 5.54 Å². The molecule has 2 aliphatic heterocycles. The lowest BCUT2D eigenvalue weighted by molar-refractivity contribution is -0.147. The molecule has 0 aromatic carbocycles. The Hall–Kier alpha value is -1.26. The third-order valence-corrected chi connectivity index (χ3v) is 4.26. The highest BCUT2D eigenvalue weighted by Crippen LogP contribution is 2.31. The first kappa shape index (κ1) is 13.2. The zero-order valence-electron chi connectivity index (χ0n) is 11.2. The van der Waals surface area contributed by atoms with E-state index in [9.17, 15) is 14.7 Å². The maximum absolute atomic E-state index is 12.5. The molecule has 0 radical (unpaired) electrons. The second-order valence-corrected chi connectivity index (χ2v) is 5.81. The number of hydrogen-bond donors (Lipinski definition) is 1. The van der Waals surface area contributed by atoms with Crippen molar-refractivity contribution in [2.24, 2.45) is 5.92 Å². The van der Waals surface area contributed by atoms with Gasteiger partial charge in [0.25, 0.3) is 0 Å². The van der Waals surface area contributed by atoms with Gasteiger partial charge in [-0.15, -0.1) is 0 Å². The van der Waals surface area contributed by atoms with Crippen LogP contribution in [-0.2, 0) is 4.79 Å². The van der Waals surface area contributed by atoms with Gasteiger partial charge in [0.2, 0.25) is 0 Å². The molecule has 0 bridgehead atoms. The maximum atomic E-state index is 12.5. The number of amides is 2. The minimum absolute atomic E-state index is 0.0936. The lowest BCUT2D eigenvalue weighted by Crippen LogP contribution is -2.56. The van der Waals surface area contributed by atoms with Gasteiger partial charge in [-0.05, 0) is 38.5 Å². The highest BCUT2D eigenvalue weighted by atomic mass is 16.4. The van der Waals surface area contributed by atoms with Crippen molar-refractivity contribution in [3.05, 3.63) is 0 Å². The first-order valence-corrected chi connectivity index (χ1v) is 6.75. The van der Waals surface area contributed by atoms with E-state index in [0.29, 0.717) is 18.9 Å². The van der Waals surface area contributed by atoms with Crippen LogP contribution in [0.3, 0.4) is 0 Å². The second-order valence-electron chi connectivity index (χ2n) is 5.81. The van der Waals surface area contributed by atoms with Crippen LogP contribution in [0.25, 0.3) is 0 Å². The van der Waals surface area contributed by atoms with Crippen LogP contribution in [0.1, 0.15) is 39.5 Å². The first-order chi connectivity index (χ1) is 8.45. The maximum Gasteiger partial charge on any atom is 0.329 e. The van der Waals surface area contributed by atoms with E-state index in [4.69, 9.17) is 0 Å². The Bertz CT molecular complexity index is 358. The van der Waals surface area contributed by atoms with E-state index >= 15 is 0 Å². The minimum atomic E-state index is -1.02. The quantitative estimate of drug-likeness (QED) is 0.776. The average Bonchev–Trinajstić information content (AvgIpc) is 2.72. The predicted molar refractivity (Wildman–Crippen MR) is 67.3 cm³/mol. The Morgan fingerprint density at radius 2 is 2.00 bits per heavy atom. The van der Waals surface area contributed by atoms with Crippen molar-refractivity contribution < 1.29 is 14.7 Å². The monoisotopic (exact) mass is 254 g/mol. The number of hydrogen-bond acceptors (Lipinski definition) is 2. The Balaban J connectivity index is 2.10. The molecule has 2 unspecified atom stereocenters. The number of carbonyl (C=O) groups is 2. The number of likely N-dealkylation sites (tertiary alicyclic amines) is 2. The van der Waals surface area contributed by atoms with Crippen molar-refractivity contribution in [2.75, 3.05) is 19.6 Å². The van der Waals surface area contributed by atoms with E-state index < -0.39 is 11.5 Å². The highest BCUT2D eigenvalue weighted by molar-refractivity contribution is 5.86. The Labute approximate surface area is 108 Å². The SMILES string of the molecule is CC1CCCN(C(=O)N2CCCC2(C)C(=O)O)C1. The third kappa shape index (κ3) is 2.18. The third-order valence-electron chi connectivity index (χ3n) is 4.26. The van der Waals surface area contributed by atoms with Crippen LogP contribution in [0.2, 0.25) is 0 Å². The number of nitrogens with zero attached hydrogens (tertiary/aromatic N) is 2. The van der Waals surface area contributed by atoms with Crippen molar-refractivity contribution in [1.82, 2.24) is 9.80 Å². The summed E-state index contributed by atoms with van der Waals surface area (Å²) in [5.74, 6) is -0.375. The van der Waals surface area contributed by atoms with E-state index in [2.05, 4.69) is 6.92 Å². The summed E-state index contributed by atoms with van der Waals surface area (Å²) in [6.45, 7) is 5.88. The van der Waals surface area contributed by atoms with Crippen LogP contribution >= 0.6 is 0 Å². The molecule has 2 aliphatic rings. The molecule has 2 saturated heterocycles. The summed E-state index contributed by atoms with van der Waals surface area (Å²) in [5.41, 5.74) is -1.02. The number of urea groups is 1. The molecule has 0 saturated carbocycles. The number of carboxylic acids is 1. The van der Waals surface area contributed by atoms with Crippen molar-refractivity contribution in [2.45, 2.75) is 45.1 Å². The number of carbonyl (C=O) groups excluding carboxylic acids is 1. The fraction of sp³-hybridized carbons (Fsp3) is 0.846. The first-order valence-electron chi connectivity index (χ1n) is 6.75. The molecule has 2 atom stereocenters. The predicted octanol–water partition coefficient (Wildman–Crippen LogP) is 1.78. The summed E-state index contributed by atoms with van der Waals surface area (Å²) in [4.78, 5) is 27.2. The van der Waals surface area contributed by atoms with Crippen molar-refractivity contribution in [1.29, 1.82) is 0 Å². The van der Waals surface area contributed by atoms with E-state index in [-0.39, 0.29) is 6.03 Å². The molecule has 2 heterocycles. The minimum Gasteiger partial charge on any atom is -0.480 e. The molecular weight excluding hydrogens is 232 g/mol. The molecule has 2 rings (SSSR count). The van der Waals surface area contributed by atoms with Crippen molar-refractivity contribution in [3.63, 3.8) is 0 Å². The molecule has 18 heavy (non-hydrogen) atoms. The molecular formula is C13H22N2O3. The Morgan fingerprint density at radius 3 is 2.61 bits per heavy atom. The summed E-state index contributed by atoms with van der Waals surface area (Å²) < 4.78 is 0. The van der Waals surface area contributed by atoms with Crippen LogP contribution in [0, 0.1) is 5.92 Å². The Morgan fingerprint density at radius 1 is 1.28 bits per heavy atom. The normalized spacial score (nSPS) is 32.7. The van der Waals surface area contributed by atoms with E-state index in [0.717, 1.165) is 32.4 Å². The summed E-state index contributed by atoms with van der Waals surface area (Å²) in [7, 11) is 0. The van der Waals surface area contributed by atoms with Gasteiger partial charge in [0.15, 0.2) is 0 Å². The van der Waals surface area contributed by atoms with Gasteiger partial charge in [0, 0.05) is 19.6 Å². The molecule has 102 valence electrons. The zero-order valence-corrected chi connectivity index (χ0v) is 11.2. The fourth-order valence-electron chi connectivity index (χ4n) is 3.03. The molecule has 5 nitrogen and oxygen atoms in total. The van der Waals surface area contributed by atoms with Crippen LogP contribution in [0.5, 0.6) is 0 Å². The molecule has 0 aliphatic carbocycles. The Kier molecular flexibility index (Phi) is 3.50. The van der Waals surface area contributed by atoms with Crippen LogP contribution in [0.15, 0.2) is 0 Å². The second kappa shape index (κ2) is 4.78. The zero-order chi connectivity index (χ0) is 13.3. The van der Waals surface area contributed by atoms with Gasteiger partial charge in [-0.3, -0.25) is 0 Å². The van der Waals surface area contributed by atoms with E-state index in [1.807, 2.05) is 4.90 Å². The summed E-state index contributed by atoms with van der Waals surface area (Å²) in [5, 5.41) is 9.33. The molecule has 2 fully saturated rings. The molecule has 5 heteroatoms. The number of aliphatic carboxylic acids is 1. The van der Waals surface area contributed by atoms with Gasteiger partial charge >= 0.3 is 12.0 Å². The van der Waals surface area contributed by atoms with Crippen LogP contribution in [-0.4, -0.2) is 52.1 Å². The van der Waals surface area contributed by atoms with Crippen molar-refractivity contribution >= 4 is 12.0 Å². The fourth-order valence-corrected chi connectivity index (χ4v) is 3.03. The van der Waals surface area contributed by atoms with Crippen LogP contribution in [0.4, 0.5) is 4.79 Å². The van der Waals surface area contributed by atoms with Gasteiger partial charge in [0.05, 0.1) is 0 Å². The summed E-state index contributed by atoms with van der Waals surface area (Å²) in [6, 6.07) is -0.0936. The van der Waals surface area contributed by atoms with Crippen LogP contribution < -0.4 is 0 Å². The van der Waals surface area contributed by atoms with Crippen molar-refractivity contribution in [3.8, 4) is 0 Å². The lowest BCUT2D eigenvalue weighted by atomic mass is 9.98. The summed E-state index contributed by atoms with van der Waals surface area (Å²) >= 11 is 0. The lowest BCUT2D eigenvalue weighted by Gasteiger charge is -2.38. The van der Waals surface area contributed by atoms with E-state index in [1.165, 1.54) is 0 Å². The number of rotatable bonds is 1.